The van der Waals surface area contributed by atoms with Crippen molar-refractivity contribution in [1.29, 1.82) is 0 Å². The number of carbonyl (C=O) groups excluding carboxylic acids is 1. The Labute approximate surface area is 141 Å². The lowest BCUT2D eigenvalue weighted by atomic mass is 10.2. The topological polar surface area (TPSA) is 59.8 Å². The Balaban J connectivity index is 1.89. The van der Waals surface area contributed by atoms with Gasteiger partial charge in [0.15, 0.2) is 5.69 Å². The predicted molar refractivity (Wildman–Crippen MR) is 95.4 cm³/mol. The summed E-state index contributed by atoms with van der Waals surface area (Å²) in [5.41, 5.74) is 2.10. The van der Waals surface area contributed by atoms with Crippen LogP contribution in [0.15, 0.2) is 48.5 Å². The molecule has 5 nitrogen and oxygen atoms in total. The molecule has 1 N–H and O–H groups in total. The van der Waals surface area contributed by atoms with Crippen molar-refractivity contribution in [2.45, 2.75) is 0 Å². The van der Waals surface area contributed by atoms with Crippen molar-refractivity contribution < 1.29 is 4.79 Å². The SMILES string of the molecule is C#CCNC(=O)c1nn(-c2nc3ccccc3s2)c2ccccc12. The first kappa shape index (κ1) is 14.4. The minimum atomic E-state index is -0.288. The first-order valence-electron chi connectivity index (χ1n) is 7.33. The van der Waals surface area contributed by atoms with Crippen LogP contribution in [0, 0.1) is 12.3 Å². The molecule has 2 aromatic heterocycles. The van der Waals surface area contributed by atoms with Crippen LogP contribution in [-0.2, 0) is 0 Å². The van der Waals surface area contributed by atoms with Crippen LogP contribution in [0.25, 0.3) is 26.3 Å². The molecule has 2 heterocycles. The molecule has 2 aromatic carbocycles. The highest BCUT2D eigenvalue weighted by atomic mass is 32.1. The van der Waals surface area contributed by atoms with E-state index in [-0.39, 0.29) is 12.5 Å². The lowest BCUT2D eigenvalue weighted by molar-refractivity contribution is 0.0955. The fourth-order valence-electron chi connectivity index (χ4n) is 2.55. The zero-order valence-electron chi connectivity index (χ0n) is 12.6. The quantitative estimate of drug-likeness (QED) is 0.587. The van der Waals surface area contributed by atoms with E-state index in [2.05, 4.69) is 21.3 Å². The van der Waals surface area contributed by atoms with Gasteiger partial charge in [-0.2, -0.15) is 5.10 Å². The fourth-order valence-corrected chi connectivity index (χ4v) is 3.48. The van der Waals surface area contributed by atoms with E-state index in [1.54, 1.807) is 4.68 Å². The van der Waals surface area contributed by atoms with E-state index in [9.17, 15) is 4.79 Å². The third-order valence-electron chi connectivity index (χ3n) is 3.62. The van der Waals surface area contributed by atoms with E-state index >= 15 is 0 Å². The molecule has 24 heavy (non-hydrogen) atoms. The molecular weight excluding hydrogens is 320 g/mol. The molecular formula is C18H12N4OS. The van der Waals surface area contributed by atoms with Gasteiger partial charge in [-0.05, 0) is 18.2 Å². The standard InChI is InChI=1S/C18H12N4OS/c1-2-11-19-17(23)16-12-7-3-5-9-14(12)22(21-16)18-20-13-8-4-6-10-15(13)24-18/h1,3-10H,11H2,(H,19,23). The highest BCUT2D eigenvalue weighted by Gasteiger charge is 2.19. The number of benzene rings is 2. The Hall–Kier alpha value is -3.17. The molecule has 0 aliphatic heterocycles. The summed E-state index contributed by atoms with van der Waals surface area (Å²) in [6.45, 7) is 0.168. The normalized spacial score (nSPS) is 10.8. The second-order valence-corrected chi connectivity index (χ2v) is 6.14. The maximum absolute atomic E-state index is 12.3. The number of fused-ring (bicyclic) bond motifs is 2. The van der Waals surface area contributed by atoms with Gasteiger partial charge >= 0.3 is 0 Å². The molecule has 0 saturated heterocycles. The molecule has 0 saturated carbocycles. The summed E-state index contributed by atoms with van der Waals surface area (Å²) in [5.74, 6) is 2.11. The minimum absolute atomic E-state index is 0.168. The van der Waals surface area contributed by atoms with Gasteiger partial charge in [0, 0.05) is 5.39 Å². The molecule has 116 valence electrons. The van der Waals surface area contributed by atoms with Crippen molar-refractivity contribution in [2.75, 3.05) is 6.54 Å². The maximum atomic E-state index is 12.3. The minimum Gasteiger partial charge on any atom is -0.340 e. The first-order valence-corrected chi connectivity index (χ1v) is 8.15. The van der Waals surface area contributed by atoms with Crippen molar-refractivity contribution in [1.82, 2.24) is 20.1 Å². The van der Waals surface area contributed by atoms with Crippen LogP contribution >= 0.6 is 11.3 Å². The van der Waals surface area contributed by atoms with Gasteiger partial charge in [-0.3, -0.25) is 4.79 Å². The number of nitrogens with one attached hydrogen (secondary N) is 1. The van der Waals surface area contributed by atoms with Gasteiger partial charge in [-0.15, -0.1) is 6.42 Å². The molecule has 6 heteroatoms. The molecule has 0 spiro atoms. The van der Waals surface area contributed by atoms with Crippen molar-refractivity contribution in [2.24, 2.45) is 0 Å². The Morgan fingerprint density at radius 1 is 1.21 bits per heavy atom. The number of hydrogen-bond donors (Lipinski definition) is 1. The maximum Gasteiger partial charge on any atom is 0.273 e. The third kappa shape index (κ3) is 2.32. The summed E-state index contributed by atoms with van der Waals surface area (Å²) in [6.07, 6.45) is 5.21. The van der Waals surface area contributed by atoms with Crippen LogP contribution in [-0.4, -0.2) is 27.2 Å². The van der Waals surface area contributed by atoms with E-state index < -0.39 is 0 Å². The van der Waals surface area contributed by atoms with Gasteiger partial charge < -0.3 is 5.32 Å². The van der Waals surface area contributed by atoms with Crippen LogP contribution < -0.4 is 5.32 Å². The van der Waals surface area contributed by atoms with Crippen LogP contribution in [0.5, 0.6) is 0 Å². The van der Waals surface area contributed by atoms with Gasteiger partial charge in [0.05, 0.1) is 22.3 Å². The van der Waals surface area contributed by atoms with E-state index in [4.69, 9.17) is 6.42 Å². The molecule has 0 unspecified atom stereocenters. The van der Waals surface area contributed by atoms with E-state index in [1.807, 2.05) is 48.5 Å². The molecule has 0 radical (unpaired) electrons. The van der Waals surface area contributed by atoms with Crippen molar-refractivity contribution >= 4 is 38.4 Å². The average molecular weight is 332 g/mol. The van der Waals surface area contributed by atoms with Crippen molar-refractivity contribution in [3.8, 4) is 17.5 Å². The molecule has 0 aliphatic carbocycles. The molecule has 0 aliphatic rings. The second kappa shape index (κ2) is 5.80. The number of terminal acetylenes is 1. The van der Waals surface area contributed by atoms with E-state index in [0.717, 1.165) is 26.3 Å². The molecule has 1 amide bonds. The number of aromatic nitrogens is 3. The summed E-state index contributed by atoms with van der Waals surface area (Å²) in [6, 6.07) is 15.5. The van der Waals surface area contributed by atoms with Crippen molar-refractivity contribution in [3.63, 3.8) is 0 Å². The molecule has 0 fully saturated rings. The monoisotopic (exact) mass is 332 g/mol. The number of para-hydroxylation sites is 2. The fraction of sp³-hybridized carbons (Fsp3) is 0.0556. The van der Waals surface area contributed by atoms with Gasteiger partial charge in [0.1, 0.15) is 0 Å². The number of rotatable bonds is 3. The number of thiazole rings is 1. The van der Waals surface area contributed by atoms with Gasteiger partial charge in [0.25, 0.3) is 5.91 Å². The smallest absolute Gasteiger partial charge is 0.273 e. The number of nitrogens with zero attached hydrogens (tertiary/aromatic N) is 3. The molecule has 0 bridgehead atoms. The predicted octanol–water partition coefficient (Wildman–Crippen LogP) is 3.00. The van der Waals surface area contributed by atoms with Gasteiger partial charge in [-0.1, -0.05) is 47.6 Å². The van der Waals surface area contributed by atoms with Gasteiger partial charge in [0.2, 0.25) is 5.13 Å². The summed E-state index contributed by atoms with van der Waals surface area (Å²) in [7, 11) is 0. The highest BCUT2D eigenvalue weighted by Crippen LogP contribution is 2.28. The van der Waals surface area contributed by atoms with Crippen LogP contribution in [0.1, 0.15) is 10.5 Å². The Morgan fingerprint density at radius 3 is 2.83 bits per heavy atom. The Morgan fingerprint density at radius 2 is 2.00 bits per heavy atom. The Bertz CT molecular complexity index is 1070. The lowest BCUT2D eigenvalue weighted by Gasteiger charge is -1.97. The van der Waals surface area contributed by atoms with E-state index in [0.29, 0.717) is 5.69 Å². The molecule has 4 aromatic rings. The number of amides is 1. The lowest BCUT2D eigenvalue weighted by Crippen LogP contribution is -2.24. The van der Waals surface area contributed by atoms with Crippen LogP contribution in [0.2, 0.25) is 0 Å². The summed E-state index contributed by atoms with van der Waals surface area (Å²) in [4.78, 5) is 17.0. The second-order valence-electron chi connectivity index (χ2n) is 5.13. The van der Waals surface area contributed by atoms with Gasteiger partial charge in [-0.25, -0.2) is 9.67 Å². The third-order valence-corrected chi connectivity index (χ3v) is 4.63. The zero-order valence-corrected chi connectivity index (χ0v) is 13.4. The Kier molecular flexibility index (Phi) is 3.48. The van der Waals surface area contributed by atoms with E-state index in [1.165, 1.54) is 11.3 Å². The molecule has 4 rings (SSSR count). The summed E-state index contributed by atoms with van der Waals surface area (Å²) >= 11 is 1.53. The first-order chi connectivity index (χ1) is 11.8. The summed E-state index contributed by atoms with van der Waals surface area (Å²) in [5, 5.41) is 8.65. The zero-order chi connectivity index (χ0) is 16.5. The highest BCUT2D eigenvalue weighted by molar-refractivity contribution is 7.20. The number of hydrogen-bond acceptors (Lipinski definition) is 4. The van der Waals surface area contributed by atoms with Crippen LogP contribution in [0.4, 0.5) is 0 Å². The largest absolute Gasteiger partial charge is 0.340 e. The van der Waals surface area contributed by atoms with Crippen LogP contribution in [0.3, 0.4) is 0 Å². The average Bonchev–Trinajstić information content (AvgIpc) is 3.20. The number of carbonyl (C=O) groups is 1. The summed E-state index contributed by atoms with van der Waals surface area (Å²) < 4.78 is 2.79. The molecule has 0 atom stereocenters. The van der Waals surface area contributed by atoms with Crippen molar-refractivity contribution in [3.05, 3.63) is 54.2 Å².